The predicted molar refractivity (Wildman–Crippen MR) is 80.4 cm³/mol. The number of rotatable bonds is 8. The molecule has 0 unspecified atom stereocenters. The summed E-state index contributed by atoms with van der Waals surface area (Å²) in [5, 5.41) is 11.8. The third-order valence-electron chi connectivity index (χ3n) is 2.94. The summed E-state index contributed by atoms with van der Waals surface area (Å²) in [6.07, 6.45) is 1.66. The van der Waals surface area contributed by atoms with Crippen molar-refractivity contribution < 1.29 is 14.6 Å². The summed E-state index contributed by atoms with van der Waals surface area (Å²) in [5.74, 6) is 1.27. The fourth-order valence-corrected chi connectivity index (χ4v) is 1.86. The lowest BCUT2D eigenvalue weighted by atomic mass is 10.2. The smallest absolute Gasteiger partial charge is 0.179 e. The number of aliphatic hydroxyl groups is 1. The Kier molecular flexibility index (Phi) is 5.99. The molecule has 0 spiro atoms. The molecule has 5 heteroatoms. The summed E-state index contributed by atoms with van der Waals surface area (Å²) < 4.78 is 11.1. The number of nitrogens with zero attached hydrogens (tertiary/aromatic N) is 1. The highest BCUT2D eigenvalue weighted by Gasteiger charge is 2.07. The average Bonchev–Trinajstić information content (AvgIpc) is 2.54. The Hall–Kier alpha value is -2.11. The Morgan fingerprint density at radius 1 is 1.19 bits per heavy atom. The summed E-state index contributed by atoms with van der Waals surface area (Å²) in [6.45, 7) is 1.70. The highest BCUT2D eigenvalue weighted by atomic mass is 16.5. The fourth-order valence-electron chi connectivity index (χ4n) is 1.86. The minimum Gasteiger partial charge on any atom is -0.493 e. The minimum atomic E-state index is 0.107. The highest BCUT2D eigenvalue weighted by Crippen LogP contribution is 2.27. The largest absolute Gasteiger partial charge is 0.493 e. The van der Waals surface area contributed by atoms with Gasteiger partial charge in [-0.05, 0) is 5.56 Å². The number of hydrogen-bond donors (Lipinski definition) is 2. The molecule has 2 N–H and O–H groups in total. The van der Waals surface area contributed by atoms with Crippen LogP contribution in [0.15, 0.2) is 42.6 Å². The van der Waals surface area contributed by atoms with Crippen LogP contribution in [0, 0.1) is 0 Å². The van der Waals surface area contributed by atoms with Crippen LogP contribution in [-0.4, -0.2) is 30.4 Å². The van der Waals surface area contributed by atoms with Crippen LogP contribution in [0.3, 0.4) is 0 Å². The number of aliphatic hydroxyl groups excluding tert-OH is 1. The van der Waals surface area contributed by atoms with E-state index in [1.165, 1.54) is 0 Å². The molecule has 0 aliphatic carbocycles. The molecule has 0 bridgehead atoms. The van der Waals surface area contributed by atoms with E-state index in [-0.39, 0.29) is 6.61 Å². The standard InChI is InChI=1S/C16H20N2O3/c1-20-15-9-14(10-17-7-8-19)18-11-16(15)21-12-13-5-3-2-4-6-13/h2-6,9,11,17,19H,7-8,10,12H2,1H3. The van der Waals surface area contributed by atoms with Gasteiger partial charge in [-0.25, -0.2) is 0 Å². The number of ether oxygens (including phenoxy) is 2. The van der Waals surface area contributed by atoms with Crippen molar-refractivity contribution in [1.82, 2.24) is 10.3 Å². The second kappa shape index (κ2) is 8.24. The zero-order valence-corrected chi connectivity index (χ0v) is 12.1. The second-order valence-corrected chi connectivity index (χ2v) is 4.50. The van der Waals surface area contributed by atoms with Crippen LogP contribution in [0.4, 0.5) is 0 Å². The maximum absolute atomic E-state index is 8.74. The van der Waals surface area contributed by atoms with Crippen molar-refractivity contribution in [3.8, 4) is 11.5 Å². The molecule has 0 saturated carbocycles. The van der Waals surface area contributed by atoms with E-state index in [2.05, 4.69) is 10.3 Å². The third kappa shape index (κ3) is 4.73. The molecule has 0 aliphatic heterocycles. The molecule has 1 aromatic heterocycles. The summed E-state index contributed by atoms with van der Waals surface area (Å²) >= 11 is 0. The van der Waals surface area contributed by atoms with Crippen molar-refractivity contribution in [2.75, 3.05) is 20.3 Å². The molecular weight excluding hydrogens is 268 g/mol. The molecule has 0 radical (unpaired) electrons. The Morgan fingerprint density at radius 2 is 2.00 bits per heavy atom. The first-order chi connectivity index (χ1) is 10.3. The van der Waals surface area contributed by atoms with Gasteiger partial charge in [0.15, 0.2) is 11.5 Å². The number of methoxy groups -OCH3 is 1. The second-order valence-electron chi connectivity index (χ2n) is 4.50. The van der Waals surface area contributed by atoms with E-state index >= 15 is 0 Å². The van der Waals surface area contributed by atoms with E-state index < -0.39 is 0 Å². The van der Waals surface area contributed by atoms with Crippen LogP contribution in [0.2, 0.25) is 0 Å². The van der Waals surface area contributed by atoms with E-state index in [1.807, 2.05) is 36.4 Å². The average molecular weight is 288 g/mol. The van der Waals surface area contributed by atoms with Crippen LogP contribution >= 0.6 is 0 Å². The molecule has 1 aromatic carbocycles. The van der Waals surface area contributed by atoms with E-state index in [1.54, 1.807) is 13.3 Å². The predicted octanol–water partition coefficient (Wildman–Crippen LogP) is 1.75. The van der Waals surface area contributed by atoms with Crippen LogP contribution in [0.5, 0.6) is 11.5 Å². The van der Waals surface area contributed by atoms with Gasteiger partial charge in [0, 0.05) is 19.2 Å². The van der Waals surface area contributed by atoms with Crippen LogP contribution in [0.25, 0.3) is 0 Å². The number of hydrogen-bond acceptors (Lipinski definition) is 5. The number of aromatic nitrogens is 1. The van der Waals surface area contributed by atoms with Gasteiger partial charge in [-0.15, -0.1) is 0 Å². The van der Waals surface area contributed by atoms with Crippen molar-refractivity contribution in [3.63, 3.8) is 0 Å². The monoisotopic (exact) mass is 288 g/mol. The molecule has 5 nitrogen and oxygen atoms in total. The molecule has 112 valence electrons. The zero-order valence-electron chi connectivity index (χ0n) is 12.1. The first-order valence-corrected chi connectivity index (χ1v) is 6.84. The van der Waals surface area contributed by atoms with Crippen molar-refractivity contribution in [1.29, 1.82) is 0 Å². The summed E-state index contributed by atoms with van der Waals surface area (Å²) in [5.41, 5.74) is 1.93. The lowest BCUT2D eigenvalue weighted by Crippen LogP contribution is -2.18. The Balaban J connectivity index is 1.99. The van der Waals surface area contributed by atoms with E-state index in [0.29, 0.717) is 31.2 Å². The van der Waals surface area contributed by atoms with Gasteiger partial charge in [0.2, 0.25) is 0 Å². The number of benzene rings is 1. The highest BCUT2D eigenvalue weighted by molar-refractivity contribution is 5.39. The topological polar surface area (TPSA) is 63.6 Å². The van der Waals surface area contributed by atoms with Crippen molar-refractivity contribution >= 4 is 0 Å². The summed E-state index contributed by atoms with van der Waals surface area (Å²) in [4.78, 5) is 4.32. The Bertz CT molecular complexity index is 546. The van der Waals surface area contributed by atoms with Gasteiger partial charge in [0.05, 0.1) is 25.6 Å². The lowest BCUT2D eigenvalue weighted by molar-refractivity contribution is 0.282. The maximum Gasteiger partial charge on any atom is 0.179 e. The summed E-state index contributed by atoms with van der Waals surface area (Å²) in [7, 11) is 1.61. The van der Waals surface area contributed by atoms with Gasteiger partial charge in [0.1, 0.15) is 6.61 Å². The first kappa shape index (κ1) is 15.3. The van der Waals surface area contributed by atoms with E-state index in [0.717, 1.165) is 11.3 Å². The quantitative estimate of drug-likeness (QED) is 0.725. The van der Waals surface area contributed by atoms with Gasteiger partial charge in [-0.3, -0.25) is 4.98 Å². The lowest BCUT2D eigenvalue weighted by Gasteiger charge is -2.12. The van der Waals surface area contributed by atoms with Crippen LogP contribution in [-0.2, 0) is 13.2 Å². The van der Waals surface area contributed by atoms with Gasteiger partial charge in [0.25, 0.3) is 0 Å². The number of nitrogens with one attached hydrogen (secondary N) is 1. The molecular formula is C16H20N2O3. The van der Waals surface area contributed by atoms with Gasteiger partial charge >= 0.3 is 0 Å². The minimum absolute atomic E-state index is 0.107. The molecule has 1 heterocycles. The fraction of sp³-hybridized carbons (Fsp3) is 0.312. The van der Waals surface area contributed by atoms with E-state index in [9.17, 15) is 0 Å². The molecule has 0 amide bonds. The molecule has 0 saturated heterocycles. The zero-order chi connectivity index (χ0) is 14.9. The van der Waals surface area contributed by atoms with Crippen molar-refractivity contribution in [2.24, 2.45) is 0 Å². The normalized spacial score (nSPS) is 10.4. The SMILES string of the molecule is COc1cc(CNCCO)ncc1OCc1ccccc1. The maximum atomic E-state index is 8.74. The van der Waals surface area contributed by atoms with Gasteiger partial charge in [-0.2, -0.15) is 0 Å². The van der Waals surface area contributed by atoms with Crippen LogP contribution < -0.4 is 14.8 Å². The molecule has 2 aromatic rings. The molecule has 0 aliphatic rings. The van der Waals surface area contributed by atoms with Crippen molar-refractivity contribution in [3.05, 3.63) is 53.9 Å². The number of pyridine rings is 1. The first-order valence-electron chi connectivity index (χ1n) is 6.84. The third-order valence-corrected chi connectivity index (χ3v) is 2.94. The molecule has 2 rings (SSSR count). The van der Waals surface area contributed by atoms with Crippen LogP contribution in [0.1, 0.15) is 11.3 Å². The molecule has 0 atom stereocenters. The molecule has 0 fully saturated rings. The van der Waals surface area contributed by atoms with E-state index in [4.69, 9.17) is 14.6 Å². The van der Waals surface area contributed by atoms with Crippen molar-refractivity contribution in [2.45, 2.75) is 13.2 Å². The Morgan fingerprint density at radius 3 is 2.71 bits per heavy atom. The van der Waals surface area contributed by atoms with Gasteiger partial charge in [-0.1, -0.05) is 30.3 Å². The Labute approximate surface area is 124 Å². The van der Waals surface area contributed by atoms with Gasteiger partial charge < -0.3 is 19.9 Å². The summed E-state index contributed by atoms with van der Waals surface area (Å²) in [6, 6.07) is 11.8. The molecule has 21 heavy (non-hydrogen) atoms.